The lowest BCUT2D eigenvalue weighted by molar-refractivity contribution is -0.663. The van der Waals surface area contributed by atoms with Gasteiger partial charge in [-0.3, -0.25) is 4.98 Å². The maximum Gasteiger partial charge on any atom is 0.286 e. The highest BCUT2D eigenvalue weighted by atomic mass is 15.0. The molecule has 0 aliphatic rings. The molecule has 2 heterocycles. The molecule has 0 saturated heterocycles. The van der Waals surface area contributed by atoms with Gasteiger partial charge in [0.15, 0.2) is 6.20 Å². The highest BCUT2D eigenvalue weighted by Crippen LogP contribution is 2.34. The minimum absolute atomic E-state index is 1.13. The summed E-state index contributed by atoms with van der Waals surface area (Å²) >= 11 is 0. The summed E-state index contributed by atoms with van der Waals surface area (Å²) in [5.74, 6) is 0. The van der Waals surface area contributed by atoms with Crippen LogP contribution < -0.4 is 4.57 Å². The molecular weight excluding hydrogens is 330 g/mol. The van der Waals surface area contributed by atoms with Crippen molar-refractivity contribution < 1.29 is 4.57 Å². The summed E-state index contributed by atoms with van der Waals surface area (Å²) in [7, 11) is 2.04. The van der Waals surface area contributed by atoms with E-state index in [0.29, 0.717) is 0 Å². The molecule has 0 N–H and O–H groups in total. The second kappa shape index (κ2) is 7.12. The molecule has 0 saturated carbocycles. The summed E-state index contributed by atoms with van der Waals surface area (Å²) in [5, 5.41) is 0. The molecule has 0 radical (unpaired) electrons. The Morgan fingerprint density at radius 3 is 2.26 bits per heavy atom. The number of pyridine rings is 1. The van der Waals surface area contributed by atoms with Gasteiger partial charge in [-0.2, -0.15) is 0 Å². The van der Waals surface area contributed by atoms with Crippen LogP contribution in [0, 0.1) is 13.8 Å². The Hall–Kier alpha value is -3.33. The zero-order valence-corrected chi connectivity index (χ0v) is 15.8. The minimum atomic E-state index is 1.13. The fourth-order valence-electron chi connectivity index (χ4n) is 3.56. The van der Waals surface area contributed by atoms with Crippen molar-refractivity contribution in [1.29, 1.82) is 0 Å². The lowest BCUT2D eigenvalue weighted by Crippen LogP contribution is -2.32. The SMILES string of the molecule is Cc1cc(-c2ccccc2)ccc1-c1cnc[n+](C)c1-c1ccncc1C. The van der Waals surface area contributed by atoms with Crippen molar-refractivity contribution in [3.8, 4) is 33.5 Å². The Bertz CT molecular complexity index is 1100. The maximum atomic E-state index is 4.45. The fourth-order valence-corrected chi connectivity index (χ4v) is 3.56. The lowest BCUT2D eigenvalue weighted by atomic mass is 9.93. The molecule has 0 unspecified atom stereocenters. The second-order valence-electron chi connectivity index (χ2n) is 6.85. The molecule has 0 aliphatic heterocycles. The summed E-state index contributed by atoms with van der Waals surface area (Å²) in [6, 6.07) is 19.2. The van der Waals surface area contributed by atoms with E-state index in [1.807, 2.05) is 38.0 Å². The van der Waals surface area contributed by atoms with Gasteiger partial charge in [-0.1, -0.05) is 53.5 Å². The molecular formula is C24H22N3+. The van der Waals surface area contributed by atoms with Crippen LogP contribution in [0.1, 0.15) is 11.1 Å². The van der Waals surface area contributed by atoms with E-state index in [-0.39, 0.29) is 0 Å². The van der Waals surface area contributed by atoms with Gasteiger partial charge in [-0.25, -0.2) is 4.57 Å². The summed E-state index contributed by atoms with van der Waals surface area (Å²) in [5.41, 5.74) is 9.50. The van der Waals surface area contributed by atoms with Gasteiger partial charge in [0.2, 0.25) is 0 Å². The quantitative estimate of drug-likeness (QED) is 0.490. The molecule has 0 atom stereocenters. The number of hydrogen-bond donors (Lipinski definition) is 0. The molecule has 2 aromatic carbocycles. The molecule has 3 nitrogen and oxygen atoms in total. The molecule has 0 bridgehead atoms. The normalized spacial score (nSPS) is 10.8. The lowest BCUT2D eigenvalue weighted by Gasteiger charge is -2.13. The van der Waals surface area contributed by atoms with Gasteiger partial charge in [0.1, 0.15) is 5.69 Å². The molecule has 27 heavy (non-hydrogen) atoms. The van der Waals surface area contributed by atoms with Crippen LogP contribution in [0.5, 0.6) is 0 Å². The van der Waals surface area contributed by atoms with Gasteiger partial charge in [0, 0.05) is 18.0 Å². The number of aromatic nitrogens is 3. The Morgan fingerprint density at radius 1 is 0.704 bits per heavy atom. The molecule has 0 spiro atoms. The molecule has 0 aliphatic carbocycles. The number of hydrogen-bond acceptors (Lipinski definition) is 2. The average molecular weight is 352 g/mol. The standard InChI is InChI=1S/C24H22N3/c1-17-13-20(19-7-5-4-6-8-19)9-10-21(17)23-15-26-16-27(3)24(23)22-11-12-25-14-18(22)2/h4-16H,1-3H3/q+1. The Labute approximate surface area is 160 Å². The predicted molar refractivity (Wildman–Crippen MR) is 109 cm³/mol. The average Bonchev–Trinajstić information content (AvgIpc) is 2.69. The molecule has 4 aromatic rings. The Morgan fingerprint density at radius 2 is 1.52 bits per heavy atom. The monoisotopic (exact) mass is 352 g/mol. The largest absolute Gasteiger partial charge is 0.286 e. The second-order valence-corrected chi connectivity index (χ2v) is 6.85. The van der Waals surface area contributed by atoms with Crippen molar-refractivity contribution in [3.05, 3.63) is 90.6 Å². The van der Waals surface area contributed by atoms with Crippen LogP contribution >= 0.6 is 0 Å². The molecule has 3 heteroatoms. The van der Waals surface area contributed by atoms with Crippen molar-refractivity contribution in [1.82, 2.24) is 9.97 Å². The van der Waals surface area contributed by atoms with E-state index in [9.17, 15) is 0 Å². The zero-order chi connectivity index (χ0) is 18.8. The highest BCUT2D eigenvalue weighted by Gasteiger charge is 2.19. The third-order valence-corrected chi connectivity index (χ3v) is 4.95. The number of rotatable bonds is 3. The van der Waals surface area contributed by atoms with Gasteiger partial charge >= 0.3 is 0 Å². The van der Waals surface area contributed by atoms with E-state index < -0.39 is 0 Å². The van der Waals surface area contributed by atoms with Crippen LogP contribution in [0.4, 0.5) is 0 Å². The summed E-state index contributed by atoms with van der Waals surface area (Å²) in [6.45, 7) is 4.26. The fraction of sp³-hybridized carbons (Fsp3) is 0.125. The molecule has 132 valence electrons. The Balaban J connectivity index is 1.88. The van der Waals surface area contributed by atoms with Gasteiger partial charge < -0.3 is 0 Å². The first-order chi connectivity index (χ1) is 13.1. The summed E-state index contributed by atoms with van der Waals surface area (Å²) < 4.78 is 2.09. The van der Waals surface area contributed by atoms with E-state index in [2.05, 4.69) is 76.9 Å². The highest BCUT2D eigenvalue weighted by molar-refractivity contribution is 5.82. The molecule has 0 amide bonds. The van der Waals surface area contributed by atoms with Crippen LogP contribution in [0.2, 0.25) is 0 Å². The van der Waals surface area contributed by atoms with E-state index in [4.69, 9.17) is 0 Å². The first-order valence-corrected chi connectivity index (χ1v) is 9.06. The van der Waals surface area contributed by atoms with E-state index in [1.165, 1.54) is 27.8 Å². The van der Waals surface area contributed by atoms with Gasteiger partial charge in [0.25, 0.3) is 6.33 Å². The van der Waals surface area contributed by atoms with Gasteiger partial charge in [-0.05, 0) is 47.7 Å². The van der Waals surface area contributed by atoms with Crippen molar-refractivity contribution in [2.75, 3.05) is 0 Å². The van der Waals surface area contributed by atoms with Crippen LogP contribution in [0.15, 0.2) is 79.5 Å². The zero-order valence-electron chi connectivity index (χ0n) is 15.8. The van der Waals surface area contributed by atoms with Crippen LogP contribution in [-0.2, 0) is 7.05 Å². The summed E-state index contributed by atoms with van der Waals surface area (Å²) in [4.78, 5) is 8.69. The number of aryl methyl sites for hydroxylation is 3. The van der Waals surface area contributed by atoms with Crippen molar-refractivity contribution in [3.63, 3.8) is 0 Å². The van der Waals surface area contributed by atoms with Crippen molar-refractivity contribution in [2.24, 2.45) is 7.05 Å². The van der Waals surface area contributed by atoms with Crippen LogP contribution in [-0.4, -0.2) is 9.97 Å². The Kier molecular flexibility index (Phi) is 4.51. The van der Waals surface area contributed by atoms with Crippen LogP contribution in [0.25, 0.3) is 33.5 Å². The van der Waals surface area contributed by atoms with E-state index >= 15 is 0 Å². The predicted octanol–water partition coefficient (Wildman–Crippen LogP) is 4.92. The van der Waals surface area contributed by atoms with Crippen molar-refractivity contribution in [2.45, 2.75) is 13.8 Å². The van der Waals surface area contributed by atoms with Crippen molar-refractivity contribution >= 4 is 0 Å². The van der Waals surface area contributed by atoms with E-state index in [1.54, 1.807) is 0 Å². The molecule has 4 rings (SSSR count). The number of benzene rings is 2. The maximum absolute atomic E-state index is 4.45. The minimum Gasteiger partial charge on any atom is -0.264 e. The first-order valence-electron chi connectivity index (χ1n) is 9.06. The molecule has 2 aromatic heterocycles. The van der Waals surface area contributed by atoms with Gasteiger partial charge in [0.05, 0.1) is 12.6 Å². The third-order valence-electron chi connectivity index (χ3n) is 4.95. The summed E-state index contributed by atoms with van der Waals surface area (Å²) in [6.07, 6.45) is 7.56. The number of nitrogens with zero attached hydrogens (tertiary/aromatic N) is 3. The third kappa shape index (κ3) is 3.24. The first kappa shape index (κ1) is 17.1. The topological polar surface area (TPSA) is 29.7 Å². The smallest absolute Gasteiger partial charge is 0.264 e. The van der Waals surface area contributed by atoms with Gasteiger partial charge in [-0.15, -0.1) is 0 Å². The van der Waals surface area contributed by atoms with E-state index in [0.717, 1.165) is 16.8 Å². The molecule has 0 fully saturated rings. The van der Waals surface area contributed by atoms with Crippen LogP contribution in [0.3, 0.4) is 0 Å².